The van der Waals surface area contributed by atoms with Crippen molar-refractivity contribution in [2.45, 2.75) is 38.5 Å². The molecule has 0 bridgehead atoms. The highest BCUT2D eigenvalue weighted by atomic mass is 16.5. The van der Waals surface area contributed by atoms with Gasteiger partial charge in [0.15, 0.2) is 0 Å². The fourth-order valence-corrected chi connectivity index (χ4v) is 2.45. The van der Waals surface area contributed by atoms with E-state index in [1.807, 2.05) is 0 Å². The Kier molecular flexibility index (Phi) is 3.29. The van der Waals surface area contributed by atoms with Crippen molar-refractivity contribution in [1.29, 1.82) is 5.41 Å². The number of hydrogen-bond acceptors (Lipinski definition) is 2. The number of hydrogen-bond donors (Lipinski definition) is 1. The Bertz CT molecular complexity index is 236. The molecule has 0 aromatic carbocycles. The molecule has 0 radical (unpaired) electrons. The average Bonchev–Trinajstić information content (AvgIpc) is 3.00. The summed E-state index contributed by atoms with van der Waals surface area (Å²) in [5.41, 5.74) is 0.500. The van der Waals surface area contributed by atoms with Gasteiger partial charge in [0.1, 0.15) is 0 Å². The Balaban J connectivity index is 1.82. The second kappa shape index (κ2) is 4.52. The zero-order chi connectivity index (χ0) is 10.7. The highest BCUT2D eigenvalue weighted by Crippen LogP contribution is 2.49. The Morgan fingerprint density at radius 3 is 2.80 bits per heavy atom. The molecular weight excluding hydrogens is 188 g/mol. The second-order valence-corrected chi connectivity index (χ2v) is 5.07. The molecule has 1 aliphatic heterocycles. The van der Waals surface area contributed by atoms with Crippen LogP contribution >= 0.6 is 0 Å². The number of amidine groups is 1. The van der Waals surface area contributed by atoms with Crippen LogP contribution in [0.1, 0.15) is 38.5 Å². The molecule has 1 saturated carbocycles. The molecule has 0 aromatic heterocycles. The summed E-state index contributed by atoms with van der Waals surface area (Å²) in [7, 11) is 1.78. The zero-order valence-electron chi connectivity index (χ0n) is 9.72. The van der Waals surface area contributed by atoms with Crippen LogP contribution in [0.2, 0.25) is 0 Å². The predicted molar refractivity (Wildman–Crippen MR) is 61.3 cm³/mol. The molecule has 1 heterocycles. The van der Waals surface area contributed by atoms with E-state index in [2.05, 4.69) is 4.90 Å². The molecule has 0 aromatic rings. The van der Waals surface area contributed by atoms with Gasteiger partial charge in [-0.05, 0) is 37.5 Å². The molecule has 0 unspecified atom stereocenters. The van der Waals surface area contributed by atoms with Crippen LogP contribution in [0.5, 0.6) is 0 Å². The lowest BCUT2D eigenvalue weighted by Gasteiger charge is -2.32. The Hall–Kier alpha value is -0.570. The first-order chi connectivity index (χ1) is 7.26. The van der Waals surface area contributed by atoms with Gasteiger partial charge in [-0.2, -0.15) is 0 Å². The van der Waals surface area contributed by atoms with E-state index in [1.54, 1.807) is 7.11 Å². The molecular formula is C12H22N2O. The third-order valence-corrected chi connectivity index (χ3v) is 3.79. The highest BCUT2D eigenvalue weighted by molar-refractivity contribution is 5.79. The first-order valence-corrected chi connectivity index (χ1v) is 6.07. The Morgan fingerprint density at radius 2 is 2.20 bits per heavy atom. The lowest BCUT2D eigenvalue weighted by Crippen LogP contribution is -2.39. The largest absolute Gasteiger partial charge is 0.385 e. The number of nitrogens with zero attached hydrogens (tertiary/aromatic N) is 1. The van der Waals surface area contributed by atoms with E-state index in [-0.39, 0.29) is 0 Å². The van der Waals surface area contributed by atoms with Crippen molar-refractivity contribution in [3.8, 4) is 0 Å². The molecule has 2 fully saturated rings. The van der Waals surface area contributed by atoms with Gasteiger partial charge >= 0.3 is 0 Å². The lowest BCUT2D eigenvalue weighted by molar-refractivity contribution is 0.160. The Labute approximate surface area is 92.3 Å². The molecule has 0 spiro atoms. The molecule has 1 saturated heterocycles. The SMILES string of the molecule is COCCC1(CN2CCCCC2=N)CC1. The van der Waals surface area contributed by atoms with E-state index in [0.717, 1.165) is 32.0 Å². The lowest BCUT2D eigenvalue weighted by atomic mass is 10.00. The van der Waals surface area contributed by atoms with Crippen LogP contribution in [0.3, 0.4) is 0 Å². The number of rotatable bonds is 5. The monoisotopic (exact) mass is 210 g/mol. The second-order valence-electron chi connectivity index (χ2n) is 5.07. The summed E-state index contributed by atoms with van der Waals surface area (Å²) < 4.78 is 5.16. The smallest absolute Gasteiger partial charge is 0.0957 e. The fraction of sp³-hybridized carbons (Fsp3) is 0.917. The van der Waals surface area contributed by atoms with Crippen molar-refractivity contribution in [1.82, 2.24) is 4.90 Å². The van der Waals surface area contributed by atoms with Crippen LogP contribution < -0.4 is 0 Å². The molecule has 3 nitrogen and oxygen atoms in total. The Morgan fingerprint density at radius 1 is 1.40 bits per heavy atom. The van der Waals surface area contributed by atoms with Gasteiger partial charge in [-0.15, -0.1) is 0 Å². The topological polar surface area (TPSA) is 36.3 Å². The van der Waals surface area contributed by atoms with E-state index in [1.165, 1.54) is 32.1 Å². The minimum Gasteiger partial charge on any atom is -0.385 e. The van der Waals surface area contributed by atoms with Crippen molar-refractivity contribution < 1.29 is 4.74 Å². The van der Waals surface area contributed by atoms with E-state index in [0.29, 0.717) is 5.41 Å². The van der Waals surface area contributed by atoms with Gasteiger partial charge in [0.25, 0.3) is 0 Å². The van der Waals surface area contributed by atoms with Crippen LogP contribution in [0, 0.1) is 10.8 Å². The van der Waals surface area contributed by atoms with Crippen LogP contribution in [0.25, 0.3) is 0 Å². The van der Waals surface area contributed by atoms with Crippen molar-refractivity contribution in [3.05, 3.63) is 0 Å². The summed E-state index contributed by atoms with van der Waals surface area (Å²) in [6.45, 7) is 3.09. The van der Waals surface area contributed by atoms with E-state index in [9.17, 15) is 0 Å². The summed E-state index contributed by atoms with van der Waals surface area (Å²) in [4.78, 5) is 2.30. The predicted octanol–water partition coefficient (Wildman–Crippen LogP) is 2.27. The van der Waals surface area contributed by atoms with Gasteiger partial charge in [-0.1, -0.05) is 0 Å². The molecule has 15 heavy (non-hydrogen) atoms. The number of likely N-dealkylation sites (tertiary alicyclic amines) is 1. The number of piperidine rings is 1. The standard InChI is InChI=1S/C12H22N2O/c1-15-9-7-12(5-6-12)10-14-8-3-2-4-11(14)13/h13H,2-10H2,1H3. The third-order valence-electron chi connectivity index (χ3n) is 3.79. The van der Waals surface area contributed by atoms with Crippen molar-refractivity contribution in [3.63, 3.8) is 0 Å². The molecule has 86 valence electrons. The number of methoxy groups -OCH3 is 1. The van der Waals surface area contributed by atoms with Crippen LogP contribution in [0.15, 0.2) is 0 Å². The van der Waals surface area contributed by atoms with Crippen LogP contribution in [0.4, 0.5) is 0 Å². The minimum atomic E-state index is 0.500. The zero-order valence-corrected chi connectivity index (χ0v) is 9.72. The van der Waals surface area contributed by atoms with Gasteiger partial charge in [0.05, 0.1) is 5.84 Å². The van der Waals surface area contributed by atoms with Crippen LogP contribution in [-0.4, -0.2) is 37.5 Å². The van der Waals surface area contributed by atoms with E-state index < -0.39 is 0 Å². The minimum absolute atomic E-state index is 0.500. The highest BCUT2D eigenvalue weighted by Gasteiger charge is 2.43. The summed E-state index contributed by atoms with van der Waals surface area (Å²) in [6.07, 6.45) is 7.30. The summed E-state index contributed by atoms with van der Waals surface area (Å²) in [5, 5.41) is 7.93. The quantitative estimate of drug-likeness (QED) is 0.755. The van der Waals surface area contributed by atoms with Gasteiger partial charge in [-0.3, -0.25) is 5.41 Å². The maximum atomic E-state index is 7.93. The van der Waals surface area contributed by atoms with Gasteiger partial charge in [0, 0.05) is 33.2 Å². The van der Waals surface area contributed by atoms with Gasteiger partial charge < -0.3 is 9.64 Å². The van der Waals surface area contributed by atoms with Gasteiger partial charge in [0.2, 0.25) is 0 Å². The molecule has 0 atom stereocenters. The summed E-state index contributed by atoms with van der Waals surface area (Å²) >= 11 is 0. The molecule has 0 amide bonds. The van der Waals surface area contributed by atoms with Gasteiger partial charge in [-0.25, -0.2) is 0 Å². The molecule has 1 aliphatic carbocycles. The molecule has 2 rings (SSSR count). The summed E-state index contributed by atoms with van der Waals surface area (Å²) in [5.74, 6) is 0.866. The maximum absolute atomic E-state index is 7.93. The number of nitrogens with one attached hydrogen (secondary N) is 1. The normalized spacial score (nSPS) is 24.3. The number of ether oxygens (including phenoxy) is 1. The van der Waals surface area contributed by atoms with Crippen molar-refractivity contribution in [2.75, 3.05) is 26.8 Å². The first kappa shape index (κ1) is 10.9. The average molecular weight is 210 g/mol. The van der Waals surface area contributed by atoms with Crippen molar-refractivity contribution >= 4 is 5.84 Å². The first-order valence-electron chi connectivity index (χ1n) is 6.07. The fourth-order valence-electron chi connectivity index (χ4n) is 2.45. The van der Waals surface area contributed by atoms with E-state index in [4.69, 9.17) is 10.1 Å². The van der Waals surface area contributed by atoms with Crippen LogP contribution in [-0.2, 0) is 4.74 Å². The molecule has 3 heteroatoms. The van der Waals surface area contributed by atoms with Crippen molar-refractivity contribution in [2.24, 2.45) is 5.41 Å². The summed E-state index contributed by atoms with van der Waals surface area (Å²) in [6, 6.07) is 0. The molecule has 2 aliphatic rings. The molecule has 1 N–H and O–H groups in total. The van der Waals surface area contributed by atoms with E-state index >= 15 is 0 Å². The third kappa shape index (κ3) is 2.71. The maximum Gasteiger partial charge on any atom is 0.0957 e.